The van der Waals surface area contributed by atoms with Crippen LogP contribution in [0.5, 0.6) is 0 Å². The van der Waals surface area contributed by atoms with Crippen LogP contribution in [0.2, 0.25) is 0 Å². The number of hydrogen-bond acceptors (Lipinski definition) is 0. The van der Waals surface area contributed by atoms with Gasteiger partial charge in [0, 0.05) is 0 Å². The summed E-state index contributed by atoms with van der Waals surface area (Å²) in [6, 6.07) is 10.8. The van der Waals surface area contributed by atoms with E-state index < -0.39 is 0 Å². The van der Waals surface area contributed by atoms with Crippen molar-refractivity contribution in [3.8, 4) is 0 Å². The molecule has 0 aliphatic heterocycles. The fourth-order valence-corrected chi connectivity index (χ4v) is 2.46. The Kier molecular flexibility index (Phi) is 5.20. The summed E-state index contributed by atoms with van der Waals surface area (Å²) >= 11 is 0. The molecule has 2 heteroatoms. The largest absolute Gasteiger partial charge is 0.260 e. The molecule has 0 radical (unpaired) electrons. The first-order valence-corrected chi connectivity index (χ1v) is 7.46. The predicted molar refractivity (Wildman–Crippen MR) is 79.1 cm³/mol. The van der Waals surface area contributed by atoms with Crippen molar-refractivity contribution in [2.24, 2.45) is 0 Å². The van der Waals surface area contributed by atoms with Crippen molar-refractivity contribution >= 4 is 0 Å². The Morgan fingerprint density at radius 2 is 1.84 bits per heavy atom. The molecule has 2 rings (SSSR count). The van der Waals surface area contributed by atoms with Gasteiger partial charge in [-0.1, -0.05) is 50.6 Å². The van der Waals surface area contributed by atoms with E-state index in [9.17, 15) is 0 Å². The molecule has 0 aliphatic rings. The van der Waals surface area contributed by atoms with E-state index in [0.29, 0.717) is 0 Å². The van der Waals surface area contributed by atoms with Crippen LogP contribution in [-0.4, -0.2) is 4.57 Å². The standard InChI is InChI=1S/C17H25N2/c1-3-5-12-19-14-13-18(11-4-2)17(19)15-16-9-7-6-8-10-16/h6-10,13-14H,3-5,11-12,15H2,1-2H3/q+1. The molecule has 0 saturated carbocycles. The number of unbranched alkanes of at least 4 members (excludes halogenated alkanes) is 1. The van der Waals surface area contributed by atoms with E-state index in [4.69, 9.17) is 0 Å². The van der Waals surface area contributed by atoms with Gasteiger partial charge in [-0.15, -0.1) is 0 Å². The van der Waals surface area contributed by atoms with Crippen molar-refractivity contribution in [2.75, 3.05) is 0 Å². The van der Waals surface area contributed by atoms with Crippen molar-refractivity contribution in [3.05, 3.63) is 54.1 Å². The van der Waals surface area contributed by atoms with E-state index in [0.717, 1.165) is 19.5 Å². The van der Waals surface area contributed by atoms with Gasteiger partial charge >= 0.3 is 0 Å². The first kappa shape index (κ1) is 13.9. The predicted octanol–water partition coefficient (Wildman–Crippen LogP) is 3.58. The number of rotatable bonds is 7. The van der Waals surface area contributed by atoms with Crippen LogP contribution in [0.25, 0.3) is 0 Å². The zero-order valence-corrected chi connectivity index (χ0v) is 12.2. The second-order valence-corrected chi connectivity index (χ2v) is 5.12. The second kappa shape index (κ2) is 7.13. The summed E-state index contributed by atoms with van der Waals surface area (Å²) in [7, 11) is 0. The van der Waals surface area contributed by atoms with Crippen LogP contribution in [0.1, 0.15) is 44.5 Å². The van der Waals surface area contributed by atoms with Gasteiger partial charge in [-0.25, -0.2) is 9.13 Å². The van der Waals surface area contributed by atoms with Crippen molar-refractivity contribution in [1.29, 1.82) is 0 Å². The molecule has 0 saturated heterocycles. The highest BCUT2D eigenvalue weighted by Crippen LogP contribution is 2.08. The molecule has 1 heterocycles. The highest BCUT2D eigenvalue weighted by Gasteiger charge is 2.16. The molecule has 0 atom stereocenters. The van der Waals surface area contributed by atoms with Crippen LogP contribution in [0.3, 0.4) is 0 Å². The van der Waals surface area contributed by atoms with Gasteiger partial charge in [0.05, 0.1) is 19.5 Å². The Morgan fingerprint density at radius 3 is 2.53 bits per heavy atom. The maximum atomic E-state index is 2.42. The lowest BCUT2D eigenvalue weighted by Crippen LogP contribution is -2.37. The fraction of sp³-hybridized carbons (Fsp3) is 0.471. The number of aryl methyl sites for hydroxylation is 2. The van der Waals surface area contributed by atoms with Crippen LogP contribution in [0, 0.1) is 0 Å². The Hall–Kier alpha value is -1.57. The smallest absolute Gasteiger partial charge is 0.234 e. The third kappa shape index (κ3) is 3.69. The van der Waals surface area contributed by atoms with Gasteiger partial charge < -0.3 is 0 Å². The number of hydrogen-bond donors (Lipinski definition) is 0. The molecular weight excluding hydrogens is 232 g/mol. The normalized spacial score (nSPS) is 10.8. The van der Waals surface area contributed by atoms with Crippen LogP contribution in [0.15, 0.2) is 42.7 Å². The number of nitrogens with zero attached hydrogens (tertiary/aromatic N) is 2. The molecule has 0 aliphatic carbocycles. The van der Waals surface area contributed by atoms with E-state index in [1.54, 1.807) is 0 Å². The van der Waals surface area contributed by atoms with Crippen molar-refractivity contribution < 1.29 is 4.57 Å². The molecule has 1 aromatic carbocycles. The Labute approximate surface area is 116 Å². The number of aromatic nitrogens is 2. The van der Waals surface area contributed by atoms with E-state index in [1.165, 1.54) is 30.7 Å². The lowest BCUT2D eigenvalue weighted by atomic mass is 10.1. The summed E-state index contributed by atoms with van der Waals surface area (Å²) in [5, 5.41) is 0. The third-order valence-electron chi connectivity index (χ3n) is 3.51. The van der Waals surface area contributed by atoms with Gasteiger partial charge in [0.25, 0.3) is 5.82 Å². The van der Waals surface area contributed by atoms with Crippen molar-refractivity contribution in [2.45, 2.75) is 52.6 Å². The quantitative estimate of drug-likeness (QED) is 0.670. The van der Waals surface area contributed by atoms with Gasteiger partial charge in [-0.2, -0.15) is 0 Å². The fourth-order valence-electron chi connectivity index (χ4n) is 2.46. The van der Waals surface area contributed by atoms with Gasteiger partial charge in [0.15, 0.2) is 0 Å². The third-order valence-corrected chi connectivity index (χ3v) is 3.51. The minimum absolute atomic E-state index is 1.03. The minimum Gasteiger partial charge on any atom is -0.234 e. The molecule has 102 valence electrons. The topological polar surface area (TPSA) is 8.81 Å². The molecule has 0 fully saturated rings. The molecule has 19 heavy (non-hydrogen) atoms. The molecule has 2 nitrogen and oxygen atoms in total. The van der Waals surface area contributed by atoms with Crippen LogP contribution >= 0.6 is 0 Å². The van der Waals surface area contributed by atoms with E-state index in [-0.39, 0.29) is 0 Å². The number of imidazole rings is 1. The molecule has 2 aromatic rings. The average molecular weight is 257 g/mol. The van der Waals surface area contributed by atoms with Gasteiger partial charge in [0.2, 0.25) is 0 Å². The summed E-state index contributed by atoms with van der Waals surface area (Å²) in [6.07, 6.45) is 9.18. The summed E-state index contributed by atoms with van der Waals surface area (Å²) < 4.78 is 4.83. The SMILES string of the molecule is CCCC[n+]1ccn(CCC)c1Cc1ccccc1. The molecule has 1 aromatic heterocycles. The highest BCUT2D eigenvalue weighted by molar-refractivity contribution is 5.18. The Bertz CT molecular complexity index is 485. The maximum absolute atomic E-state index is 2.42. The van der Waals surface area contributed by atoms with Crippen LogP contribution in [-0.2, 0) is 19.5 Å². The lowest BCUT2D eigenvalue weighted by Gasteiger charge is -2.05. The second-order valence-electron chi connectivity index (χ2n) is 5.12. The number of benzene rings is 1. The van der Waals surface area contributed by atoms with Crippen LogP contribution < -0.4 is 4.57 Å². The summed E-state index contributed by atoms with van der Waals surface area (Å²) in [5.41, 5.74) is 1.39. The van der Waals surface area contributed by atoms with Gasteiger partial charge in [-0.3, -0.25) is 0 Å². The van der Waals surface area contributed by atoms with E-state index in [2.05, 4.69) is 65.7 Å². The van der Waals surface area contributed by atoms with Gasteiger partial charge in [-0.05, 0) is 18.4 Å². The van der Waals surface area contributed by atoms with E-state index >= 15 is 0 Å². The zero-order chi connectivity index (χ0) is 13.5. The minimum atomic E-state index is 1.03. The maximum Gasteiger partial charge on any atom is 0.260 e. The summed E-state index contributed by atoms with van der Waals surface area (Å²) in [5.74, 6) is 1.43. The molecule has 0 amide bonds. The van der Waals surface area contributed by atoms with Crippen LogP contribution in [0.4, 0.5) is 0 Å². The average Bonchev–Trinajstić information content (AvgIpc) is 2.81. The summed E-state index contributed by atoms with van der Waals surface area (Å²) in [6.45, 7) is 6.74. The molecule has 0 bridgehead atoms. The monoisotopic (exact) mass is 257 g/mol. The van der Waals surface area contributed by atoms with Gasteiger partial charge in [0.1, 0.15) is 12.4 Å². The first-order chi connectivity index (χ1) is 9.35. The van der Waals surface area contributed by atoms with Crippen molar-refractivity contribution in [3.63, 3.8) is 0 Å². The highest BCUT2D eigenvalue weighted by atomic mass is 15.1. The zero-order valence-electron chi connectivity index (χ0n) is 12.2. The molecule has 0 unspecified atom stereocenters. The lowest BCUT2D eigenvalue weighted by molar-refractivity contribution is -0.703. The van der Waals surface area contributed by atoms with E-state index in [1.807, 2.05) is 0 Å². The summed E-state index contributed by atoms with van der Waals surface area (Å²) in [4.78, 5) is 0. The first-order valence-electron chi connectivity index (χ1n) is 7.46. The molecule has 0 N–H and O–H groups in total. The Balaban J connectivity index is 2.21. The molecular formula is C17H25N2+. The Morgan fingerprint density at radius 1 is 1.05 bits per heavy atom. The molecule has 0 spiro atoms. The van der Waals surface area contributed by atoms with Crippen molar-refractivity contribution in [1.82, 2.24) is 4.57 Å².